The van der Waals surface area contributed by atoms with Gasteiger partial charge in [-0.25, -0.2) is 4.39 Å². The molecule has 1 aromatic rings. The molecule has 0 bridgehead atoms. The number of nitrogens with zero attached hydrogens (tertiary/aromatic N) is 1. The summed E-state index contributed by atoms with van der Waals surface area (Å²) in [6, 6.07) is 5.54. The molecule has 1 saturated heterocycles. The van der Waals surface area contributed by atoms with Crippen molar-refractivity contribution in [1.82, 2.24) is 10.2 Å². The lowest BCUT2D eigenvalue weighted by molar-refractivity contribution is 0.202. The van der Waals surface area contributed by atoms with Gasteiger partial charge in [0.1, 0.15) is 5.82 Å². The van der Waals surface area contributed by atoms with Gasteiger partial charge in [0.15, 0.2) is 0 Å². The van der Waals surface area contributed by atoms with Gasteiger partial charge in [-0.15, -0.1) is 11.8 Å². The Balaban J connectivity index is 1.62. The Bertz CT molecular complexity index is 466. The second-order valence-corrected chi connectivity index (χ2v) is 7.19. The average molecular weight is 294 g/mol. The van der Waals surface area contributed by atoms with Crippen molar-refractivity contribution in [3.8, 4) is 0 Å². The summed E-state index contributed by atoms with van der Waals surface area (Å²) in [5.74, 6) is 1.75. The molecule has 2 atom stereocenters. The van der Waals surface area contributed by atoms with Gasteiger partial charge >= 0.3 is 0 Å². The normalized spacial score (nSPS) is 27.3. The van der Waals surface area contributed by atoms with Crippen LogP contribution in [0, 0.1) is 11.7 Å². The lowest BCUT2D eigenvalue weighted by Crippen LogP contribution is -2.38. The molecule has 0 amide bonds. The number of fused-ring (bicyclic) bond motifs is 1. The third kappa shape index (κ3) is 3.35. The van der Waals surface area contributed by atoms with Gasteiger partial charge in [-0.2, -0.15) is 0 Å². The van der Waals surface area contributed by atoms with Crippen molar-refractivity contribution in [2.45, 2.75) is 30.2 Å². The lowest BCUT2D eigenvalue weighted by atomic mass is 9.97. The van der Waals surface area contributed by atoms with Gasteiger partial charge in [-0.05, 0) is 74.8 Å². The Kier molecular flexibility index (Phi) is 4.64. The number of hydrogen-bond acceptors (Lipinski definition) is 3. The maximum Gasteiger partial charge on any atom is 0.123 e. The van der Waals surface area contributed by atoms with Crippen LogP contribution in [-0.4, -0.2) is 37.3 Å². The maximum atomic E-state index is 13.5. The topological polar surface area (TPSA) is 15.3 Å². The second kappa shape index (κ2) is 6.46. The van der Waals surface area contributed by atoms with Crippen LogP contribution < -0.4 is 5.32 Å². The summed E-state index contributed by atoms with van der Waals surface area (Å²) in [6.07, 6.45) is 3.72. The highest BCUT2D eigenvalue weighted by Gasteiger charge is 2.23. The highest BCUT2D eigenvalue weighted by molar-refractivity contribution is 7.99. The van der Waals surface area contributed by atoms with Crippen molar-refractivity contribution >= 4 is 11.8 Å². The quantitative estimate of drug-likeness (QED) is 0.921. The maximum absolute atomic E-state index is 13.5. The van der Waals surface area contributed by atoms with Crippen molar-refractivity contribution < 1.29 is 4.39 Å². The first-order chi connectivity index (χ1) is 9.72. The van der Waals surface area contributed by atoms with E-state index < -0.39 is 0 Å². The van der Waals surface area contributed by atoms with Crippen molar-refractivity contribution in [3.63, 3.8) is 0 Å². The molecule has 2 aliphatic rings. The van der Waals surface area contributed by atoms with Crippen LogP contribution >= 0.6 is 11.8 Å². The van der Waals surface area contributed by atoms with Crippen LogP contribution in [0.15, 0.2) is 23.1 Å². The summed E-state index contributed by atoms with van der Waals surface area (Å²) in [5.41, 5.74) is 1.16. The summed E-state index contributed by atoms with van der Waals surface area (Å²) in [7, 11) is 2.20. The van der Waals surface area contributed by atoms with Crippen LogP contribution in [0.4, 0.5) is 4.39 Å². The fourth-order valence-corrected chi connectivity index (χ4v) is 4.43. The molecule has 2 heterocycles. The van der Waals surface area contributed by atoms with E-state index in [4.69, 9.17) is 0 Å². The van der Waals surface area contributed by atoms with Gasteiger partial charge in [0.2, 0.25) is 0 Å². The molecule has 0 saturated carbocycles. The van der Waals surface area contributed by atoms with Crippen LogP contribution in [0.2, 0.25) is 0 Å². The molecule has 1 fully saturated rings. The van der Waals surface area contributed by atoms with Crippen molar-refractivity contribution in [2.24, 2.45) is 5.92 Å². The standard InChI is InChI=1S/C16H23FN2S/c1-19-7-2-3-12(11-19)10-18-15-6-8-20-16-5-4-13(17)9-14(15)16/h4-5,9,12,15,18H,2-3,6-8,10-11H2,1H3. The predicted octanol–water partition coefficient (Wildman–Crippen LogP) is 3.29. The van der Waals surface area contributed by atoms with Crippen LogP contribution in [0.3, 0.4) is 0 Å². The van der Waals surface area contributed by atoms with Crippen LogP contribution in [0.25, 0.3) is 0 Å². The Morgan fingerprint density at radius 1 is 1.40 bits per heavy atom. The van der Waals surface area contributed by atoms with E-state index in [1.807, 2.05) is 17.8 Å². The molecule has 0 aromatic heterocycles. The number of rotatable bonds is 3. The van der Waals surface area contributed by atoms with Gasteiger partial charge in [0, 0.05) is 17.5 Å². The molecule has 1 aromatic carbocycles. The fourth-order valence-electron chi connectivity index (χ4n) is 3.33. The van der Waals surface area contributed by atoms with Gasteiger partial charge in [-0.1, -0.05) is 0 Å². The number of halogens is 1. The minimum Gasteiger partial charge on any atom is -0.310 e. The van der Waals surface area contributed by atoms with E-state index in [0.717, 1.165) is 30.2 Å². The van der Waals surface area contributed by atoms with Crippen molar-refractivity contribution in [2.75, 3.05) is 32.4 Å². The van der Waals surface area contributed by atoms with E-state index in [0.29, 0.717) is 6.04 Å². The zero-order chi connectivity index (χ0) is 13.9. The first-order valence-electron chi connectivity index (χ1n) is 7.56. The van der Waals surface area contributed by atoms with E-state index in [2.05, 4.69) is 17.3 Å². The van der Waals surface area contributed by atoms with Gasteiger partial charge < -0.3 is 10.2 Å². The summed E-state index contributed by atoms with van der Waals surface area (Å²) in [5, 5.41) is 3.69. The zero-order valence-corrected chi connectivity index (χ0v) is 12.9. The summed E-state index contributed by atoms with van der Waals surface area (Å²) in [6.45, 7) is 3.46. The van der Waals surface area contributed by atoms with Gasteiger partial charge in [0.25, 0.3) is 0 Å². The van der Waals surface area contributed by atoms with Crippen molar-refractivity contribution in [3.05, 3.63) is 29.6 Å². The highest BCUT2D eigenvalue weighted by Crippen LogP contribution is 2.36. The molecule has 0 aliphatic carbocycles. The molecule has 3 rings (SSSR count). The molecule has 0 radical (unpaired) electrons. The second-order valence-electron chi connectivity index (χ2n) is 6.05. The Morgan fingerprint density at radius 2 is 2.30 bits per heavy atom. The number of likely N-dealkylation sites (tertiary alicyclic amines) is 1. The van der Waals surface area contributed by atoms with Gasteiger partial charge in [-0.3, -0.25) is 0 Å². The number of thioether (sulfide) groups is 1. The Hall–Kier alpha value is -0.580. The van der Waals surface area contributed by atoms with E-state index in [1.165, 1.54) is 30.8 Å². The zero-order valence-electron chi connectivity index (χ0n) is 12.1. The van der Waals surface area contributed by atoms with E-state index in [9.17, 15) is 4.39 Å². The summed E-state index contributed by atoms with van der Waals surface area (Å²) >= 11 is 1.85. The molecule has 20 heavy (non-hydrogen) atoms. The first kappa shape index (κ1) is 14.4. The molecule has 2 unspecified atom stereocenters. The number of hydrogen-bond donors (Lipinski definition) is 1. The number of benzene rings is 1. The van der Waals surface area contributed by atoms with Crippen LogP contribution in [-0.2, 0) is 0 Å². The molecular formula is C16H23FN2S. The number of nitrogens with one attached hydrogen (secondary N) is 1. The minimum atomic E-state index is -0.115. The average Bonchev–Trinajstić information content (AvgIpc) is 2.45. The Labute approximate surface area is 125 Å². The molecule has 110 valence electrons. The fraction of sp³-hybridized carbons (Fsp3) is 0.625. The van der Waals surface area contributed by atoms with Gasteiger partial charge in [0.05, 0.1) is 0 Å². The van der Waals surface area contributed by atoms with E-state index in [1.54, 1.807) is 12.1 Å². The molecule has 2 nitrogen and oxygen atoms in total. The highest BCUT2D eigenvalue weighted by atomic mass is 32.2. The molecule has 0 spiro atoms. The first-order valence-corrected chi connectivity index (χ1v) is 8.55. The smallest absolute Gasteiger partial charge is 0.123 e. The molecule has 1 N–H and O–H groups in total. The molecular weight excluding hydrogens is 271 g/mol. The molecule has 2 aliphatic heterocycles. The van der Waals surface area contributed by atoms with Crippen molar-refractivity contribution in [1.29, 1.82) is 0 Å². The predicted molar refractivity (Wildman–Crippen MR) is 82.7 cm³/mol. The van der Waals surface area contributed by atoms with E-state index >= 15 is 0 Å². The monoisotopic (exact) mass is 294 g/mol. The lowest BCUT2D eigenvalue weighted by Gasteiger charge is -2.32. The van der Waals surface area contributed by atoms with Crippen LogP contribution in [0.1, 0.15) is 30.9 Å². The third-order valence-electron chi connectivity index (χ3n) is 4.39. The Morgan fingerprint density at radius 3 is 3.15 bits per heavy atom. The molecule has 4 heteroatoms. The van der Waals surface area contributed by atoms with Crippen LogP contribution in [0.5, 0.6) is 0 Å². The summed E-state index contributed by atoms with van der Waals surface area (Å²) < 4.78 is 13.5. The van der Waals surface area contributed by atoms with E-state index in [-0.39, 0.29) is 5.82 Å². The minimum absolute atomic E-state index is 0.115. The summed E-state index contributed by atoms with van der Waals surface area (Å²) in [4.78, 5) is 3.66. The SMILES string of the molecule is CN1CCCC(CNC2CCSc3ccc(F)cc32)C1. The number of piperidine rings is 1. The third-order valence-corrected chi connectivity index (χ3v) is 5.51. The largest absolute Gasteiger partial charge is 0.310 e.